The third kappa shape index (κ3) is 5.14. The van der Waals surface area contributed by atoms with Gasteiger partial charge < -0.3 is 16.0 Å². The Bertz CT molecular complexity index is 941. The molecule has 3 rings (SSSR count). The van der Waals surface area contributed by atoms with Gasteiger partial charge in [-0.05, 0) is 36.8 Å². The number of nitrogens with zero attached hydrogens (tertiary/aromatic N) is 2. The van der Waals surface area contributed by atoms with E-state index in [-0.39, 0.29) is 17.9 Å². The predicted molar refractivity (Wildman–Crippen MR) is 108 cm³/mol. The van der Waals surface area contributed by atoms with Crippen molar-refractivity contribution in [2.45, 2.75) is 19.9 Å². The molecule has 1 atom stereocenters. The fourth-order valence-electron chi connectivity index (χ4n) is 2.58. The van der Waals surface area contributed by atoms with E-state index < -0.39 is 0 Å². The van der Waals surface area contributed by atoms with Crippen LogP contribution >= 0.6 is 0 Å². The van der Waals surface area contributed by atoms with Crippen LogP contribution in [0, 0.1) is 0 Å². The zero-order valence-corrected chi connectivity index (χ0v) is 15.6. The van der Waals surface area contributed by atoms with Crippen LogP contribution in [0.2, 0.25) is 0 Å². The number of hydrogen-bond donors (Lipinski definition) is 3. The quantitative estimate of drug-likeness (QED) is 0.611. The fourth-order valence-corrected chi connectivity index (χ4v) is 2.58. The first-order valence-corrected chi connectivity index (χ1v) is 8.84. The molecule has 7 nitrogen and oxygen atoms in total. The Morgan fingerprint density at radius 2 is 1.50 bits per heavy atom. The normalized spacial score (nSPS) is 11.4. The van der Waals surface area contributed by atoms with E-state index in [2.05, 4.69) is 25.9 Å². The van der Waals surface area contributed by atoms with E-state index in [4.69, 9.17) is 0 Å². The van der Waals surface area contributed by atoms with E-state index in [0.29, 0.717) is 17.2 Å². The summed E-state index contributed by atoms with van der Waals surface area (Å²) < 4.78 is 0. The molecular weight excluding hydrogens is 354 g/mol. The molecule has 3 N–H and O–H groups in total. The predicted octanol–water partition coefficient (Wildman–Crippen LogP) is 3.67. The summed E-state index contributed by atoms with van der Waals surface area (Å²) >= 11 is 0. The molecule has 0 aliphatic heterocycles. The molecule has 0 saturated carbocycles. The molecule has 2 aromatic carbocycles. The number of nitrogens with one attached hydrogen (secondary N) is 3. The molecule has 0 fully saturated rings. The van der Waals surface area contributed by atoms with Crippen molar-refractivity contribution in [2.75, 3.05) is 10.6 Å². The van der Waals surface area contributed by atoms with Crippen molar-refractivity contribution in [3.8, 4) is 0 Å². The van der Waals surface area contributed by atoms with Crippen LogP contribution < -0.4 is 16.0 Å². The number of rotatable bonds is 6. The molecule has 142 valence electrons. The molecule has 28 heavy (non-hydrogen) atoms. The standard InChI is InChI=1S/C21H21N5O2/c1-14(16-6-4-3-5-7-16)24-20(28)17-12-22-21(23-13-17)26-19-10-8-18(9-11-19)25-15(2)27/h3-14H,1-2H3,(H,24,28)(H,25,27)(H,22,23,26). The van der Waals surface area contributed by atoms with Crippen LogP contribution in [0.4, 0.5) is 17.3 Å². The molecule has 1 unspecified atom stereocenters. The van der Waals surface area contributed by atoms with Crippen molar-refractivity contribution in [3.05, 3.63) is 78.1 Å². The molecule has 1 aromatic heterocycles. The van der Waals surface area contributed by atoms with E-state index in [0.717, 1.165) is 11.3 Å². The summed E-state index contributed by atoms with van der Waals surface area (Å²) in [5, 5.41) is 8.68. The minimum absolute atomic E-state index is 0.117. The lowest BCUT2D eigenvalue weighted by Gasteiger charge is -2.14. The van der Waals surface area contributed by atoms with Gasteiger partial charge in [0.25, 0.3) is 5.91 Å². The SMILES string of the molecule is CC(=O)Nc1ccc(Nc2ncc(C(=O)NC(C)c3ccccc3)cn2)cc1. The largest absolute Gasteiger partial charge is 0.345 e. The van der Waals surface area contributed by atoms with Crippen LogP contribution in [0.5, 0.6) is 0 Å². The van der Waals surface area contributed by atoms with E-state index >= 15 is 0 Å². The summed E-state index contributed by atoms with van der Waals surface area (Å²) in [4.78, 5) is 31.8. The van der Waals surface area contributed by atoms with Crippen molar-refractivity contribution in [3.63, 3.8) is 0 Å². The van der Waals surface area contributed by atoms with Crippen LogP contribution in [0.25, 0.3) is 0 Å². The van der Waals surface area contributed by atoms with Crippen molar-refractivity contribution in [2.24, 2.45) is 0 Å². The van der Waals surface area contributed by atoms with Gasteiger partial charge >= 0.3 is 0 Å². The molecule has 0 aliphatic rings. The lowest BCUT2D eigenvalue weighted by Crippen LogP contribution is -2.26. The van der Waals surface area contributed by atoms with Gasteiger partial charge in [0, 0.05) is 30.7 Å². The Morgan fingerprint density at radius 1 is 0.893 bits per heavy atom. The summed E-state index contributed by atoms with van der Waals surface area (Å²) in [6.45, 7) is 3.38. The molecule has 7 heteroatoms. The van der Waals surface area contributed by atoms with Gasteiger partial charge in [0.1, 0.15) is 0 Å². The summed E-state index contributed by atoms with van der Waals surface area (Å²) in [6, 6.07) is 16.8. The van der Waals surface area contributed by atoms with Gasteiger partial charge in [-0.1, -0.05) is 30.3 Å². The highest BCUT2D eigenvalue weighted by Gasteiger charge is 2.12. The van der Waals surface area contributed by atoms with Crippen LogP contribution in [-0.2, 0) is 4.79 Å². The third-order valence-corrected chi connectivity index (χ3v) is 4.02. The maximum atomic E-state index is 12.4. The number of aromatic nitrogens is 2. The number of anilines is 3. The number of hydrogen-bond acceptors (Lipinski definition) is 5. The summed E-state index contributed by atoms with van der Waals surface area (Å²) in [5.74, 6) is 0.0157. The molecule has 0 aliphatic carbocycles. The molecule has 0 radical (unpaired) electrons. The Morgan fingerprint density at radius 3 is 2.11 bits per heavy atom. The Kier molecular flexibility index (Phi) is 5.96. The first-order valence-electron chi connectivity index (χ1n) is 8.84. The second-order valence-corrected chi connectivity index (χ2v) is 6.28. The van der Waals surface area contributed by atoms with Crippen molar-refractivity contribution in [1.29, 1.82) is 0 Å². The third-order valence-electron chi connectivity index (χ3n) is 4.02. The monoisotopic (exact) mass is 375 g/mol. The van der Waals surface area contributed by atoms with E-state index in [9.17, 15) is 9.59 Å². The zero-order chi connectivity index (χ0) is 19.9. The van der Waals surface area contributed by atoms with Gasteiger partial charge in [0.2, 0.25) is 11.9 Å². The van der Waals surface area contributed by atoms with Crippen LogP contribution in [0.1, 0.15) is 35.8 Å². The number of carbonyl (C=O) groups is 2. The zero-order valence-electron chi connectivity index (χ0n) is 15.6. The molecule has 2 amide bonds. The van der Waals surface area contributed by atoms with E-state index in [1.807, 2.05) is 37.3 Å². The van der Waals surface area contributed by atoms with Gasteiger partial charge in [-0.3, -0.25) is 9.59 Å². The van der Waals surface area contributed by atoms with Crippen LogP contribution in [0.15, 0.2) is 67.0 Å². The number of benzene rings is 2. The minimum Gasteiger partial charge on any atom is -0.345 e. The molecule has 0 saturated heterocycles. The minimum atomic E-state index is -0.234. The van der Waals surface area contributed by atoms with Crippen LogP contribution in [0.3, 0.4) is 0 Å². The lowest BCUT2D eigenvalue weighted by atomic mass is 10.1. The maximum absolute atomic E-state index is 12.4. The Hall–Kier alpha value is -3.74. The van der Waals surface area contributed by atoms with Gasteiger partial charge in [-0.15, -0.1) is 0 Å². The Balaban J connectivity index is 1.60. The van der Waals surface area contributed by atoms with E-state index in [1.54, 1.807) is 24.3 Å². The summed E-state index contributed by atoms with van der Waals surface area (Å²) in [6.07, 6.45) is 2.96. The van der Waals surface area contributed by atoms with Crippen molar-refractivity contribution >= 4 is 29.1 Å². The van der Waals surface area contributed by atoms with Gasteiger partial charge in [-0.2, -0.15) is 0 Å². The highest BCUT2D eigenvalue weighted by Crippen LogP contribution is 2.17. The van der Waals surface area contributed by atoms with E-state index in [1.165, 1.54) is 19.3 Å². The molecule has 1 heterocycles. The van der Waals surface area contributed by atoms with Crippen molar-refractivity contribution in [1.82, 2.24) is 15.3 Å². The highest BCUT2D eigenvalue weighted by atomic mass is 16.2. The smallest absolute Gasteiger partial charge is 0.254 e. The molecular formula is C21H21N5O2. The maximum Gasteiger partial charge on any atom is 0.254 e. The van der Waals surface area contributed by atoms with Gasteiger partial charge in [0.15, 0.2) is 0 Å². The highest BCUT2D eigenvalue weighted by molar-refractivity contribution is 5.94. The first kappa shape index (κ1) is 19.0. The first-order chi connectivity index (χ1) is 13.5. The van der Waals surface area contributed by atoms with Crippen LogP contribution in [-0.4, -0.2) is 21.8 Å². The average molecular weight is 375 g/mol. The number of carbonyl (C=O) groups excluding carboxylic acids is 2. The molecule has 0 spiro atoms. The molecule has 0 bridgehead atoms. The fraction of sp³-hybridized carbons (Fsp3) is 0.143. The number of amides is 2. The molecule has 3 aromatic rings. The average Bonchev–Trinajstić information content (AvgIpc) is 2.70. The second kappa shape index (κ2) is 8.77. The topological polar surface area (TPSA) is 96.0 Å². The lowest BCUT2D eigenvalue weighted by molar-refractivity contribution is -0.114. The summed E-state index contributed by atoms with van der Waals surface area (Å²) in [7, 11) is 0. The Labute approximate surface area is 163 Å². The van der Waals surface area contributed by atoms with Crippen molar-refractivity contribution < 1.29 is 9.59 Å². The van der Waals surface area contributed by atoms with Gasteiger partial charge in [-0.25, -0.2) is 9.97 Å². The van der Waals surface area contributed by atoms with Gasteiger partial charge in [0.05, 0.1) is 11.6 Å². The summed E-state index contributed by atoms with van der Waals surface area (Å²) in [5.41, 5.74) is 2.88. The second-order valence-electron chi connectivity index (χ2n) is 6.28.